The summed E-state index contributed by atoms with van der Waals surface area (Å²) in [4.78, 5) is 18.1. The molecule has 32 heavy (non-hydrogen) atoms. The van der Waals surface area contributed by atoms with Crippen molar-refractivity contribution in [3.8, 4) is 11.5 Å². The zero-order valence-electron chi connectivity index (χ0n) is 17.7. The maximum Gasteiger partial charge on any atom is 0.256 e. The zero-order chi connectivity index (χ0) is 22.5. The molecule has 5 rings (SSSR count). The number of anilines is 1. The van der Waals surface area contributed by atoms with Crippen LogP contribution < -0.4 is 5.32 Å². The lowest BCUT2D eigenvalue weighted by molar-refractivity contribution is 0.102. The standard InChI is InChI=1S/C23H22N4O4S/c1-14-5-3-6-16(11-14)24-23(28)18-12-19(20-7-4-9-31-20)25-22-21(18)15(2)26-27(22)17-8-10-32(29,30)13-17/h3-7,9,11-12,17H,8,10,13H2,1-2H3,(H,24,28). The Morgan fingerprint density at radius 1 is 1.19 bits per heavy atom. The Kier molecular flexibility index (Phi) is 4.85. The number of sulfone groups is 1. The number of amides is 1. The summed E-state index contributed by atoms with van der Waals surface area (Å²) >= 11 is 0. The average Bonchev–Trinajstić information content (AvgIpc) is 3.47. The Morgan fingerprint density at radius 2 is 2.03 bits per heavy atom. The first kappa shape index (κ1) is 20.4. The fourth-order valence-corrected chi connectivity index (χ4v) is 5.88. The molecule has 164 valence electrons. The van der Waals surface area contributed by atoms with E-state index in [2.05, 4.69) is 10.4 Å². The number of aromatic nitrogens is 3. The van der Waals surface area contributed by atoms with Crippen LogP contribution in [0.3, 0.4) is 0 Å². The van der Waals surface area contributed by atoms with Crippen molar-refractivity contribution in [2.45, 2.75) is 26.3 Å². The van der Waals surface area contributed by atoms with Crippen molar-refractivity contribution in [2.75, 3.05) is 16.8 Å². The Hall–Kier alpha value is -3.46. The van der Waals surface area contributed by atoms with E-state index < -0.39 is 9.84 Å². The first-order chi connectivity index (χ1) is 15.3. The van der Waals surface area contributed by atoms with Crippen molar-refractivity contribution in [1.82, 2.24) is 14.8 Å². The molecule has 4 aromatic rings. The Morgan fingerprint density at radius 3 is 2.72 bits per heavy atom. The van der Waals surface area contributed by atoms with Gasteiger partial charge in [0.15, 0.2) is 21.2 Å². The van der Waals surface area contributed by atoms with Gasteiger partial charge in [-0.3, -0.25) is 4.79 Å². The minimum Gasteiger partial charge on any atom is -0.463 e. The molecule has 9 heteroatoms. The van der Waals surface area contributed by atoms with Gasteiger partial charge in [0.2, 0.25) is 0 Å². The minimum atomic E-state index is -3.11. The van der Waals surface area contributed by atoms with Crippen molar-refractivity contribution in [2.24, 2.45) is 0 Å². The third-order valence-electron chi connectivity index (χ3n) is 5.69. The molecule has 1 amide bonds. The molecule has 8 nitrogen and oxygen atoms in total. The van der Waals surface area contributed by atoms with E-state index in [9.17, 15) is 13.2 Å². The van der Waals surface area contributed by atoms with Crippen LogP contribution in [0.4, 0.5) is 5.69 Å². The number of carbonyl (C=O) groups excluding carboxylic acids is 1. The van der Waals surface area contributed by atoms with E-state index in [1.807, 2.05) is 31.2 Å². The second-order valence-electron chi connectivity index (χ2n) is 8.14. The fraction of sp³-hybridized carbons (Fsp3) is 0.261. The van der Waals surface area contributed by atoms with Gasteiger partial charge in [-0.15, -0.1) is 0 Å². The lowest BCUT2D eigenvalue weighted by Crippen LogP contribution is -2.15. The summed E-state index contributed by atoms with van der Waals surface area (Å²) in [5.41, 5.74) is 3.72. The number of benzene rings is 1. The number of furan rings is 1. The fourth-order valence-electron chi connectivity index (χ4n) is 4.19. The highest BCUT2D eigenvalue weighted by atomic mass is 32.2. The van der Waals surface area contributed by atoms with Gasteiger partial charge in [-0.1, -0.05) is 12.1 Å². The number of rotatable bonds is 4. The van der Waals surface area contributed by atoms with Gasteiger partial charge in [0.1, 0.15) is 5.69 Å². The van der Waals surface area contributed by atoms with Gasteiger partial charge in [-0.25, -0.2) is 18.1 Å². The summed E-state index contributed by atoms with van der Waals surface area (Å²) in [6, 6.07) is 12.5. The molecule has 1 saturated heterocycles. The highest BCUT2D eigenvalue weighted by molar-refractivity contribution is 7.91. The number of nitrogens with one attached hydrogen (secondary N) is 1. The summed E-state index contributed by atoms with van der Waals surface area (Å²) in [7, 11) is -3.11. The van der Waals surface area contributed by atoms with Crippen LogP contribution in [0.2, 0.25) is 0 Å². The molecular formula is C23H22N4O4S. The van der Waals surface area contributed by atoms with E-state index in [-0.39, 0.29) is 23.5 Å². The molecule has 1 unspecified atom stereocenters. The average molecular weight is 451 g/mol. The predicted molar refractivity (Wildman–Crippen MR) is 121 cm³/mol. The van der Waals surface area contributed by atoms with Crippen molar-refractivity contribution in [3.63, 3.8) is 0 Å². The lowest BCUT2D eigenvalue weighted by Gasteiger charge is -2.12. The van der Waals surface area contributed by atoms with E-state index >= 15 is 0 Å². The number of hydrogen-bond acceptors (Lipinski definition) is 6. The monoisotopic (exact) mass is 450 g/mol. The highest BCUT2D eigenvalue weighted by Gasteiger charge is 2.32. The Bertz CT molecular complexity index is 1440. The maximum atomic E-state index is 13.3. The summed E-state index contributed by atoms with van der Waals surface area (Å²) in [5.74, 6) is 0.357. The second-order valence-corrected chi connectivity index (χ2v) is 10.4. The molecule has 1 aromatic carbocycles. The molecule has 1 N–H and O–H groups in total. The van der Waals surface area contributed by atoms with Crippen molar-refractivity contribution in [3.05, 3.63) is 65.5 Å². The van der Waals surface area contributed by atoms with E-state index in [0.29, 0.717) is 45.9 Å². The maximum absolute atomic E-state index is 13.3. The topological polar surface area (TPSA) is 107 Å². The third kappa shape index (κ3) is 3.69. The minimum absolute atomic E-state index is 0.0146. The smallest absolute Gasteiger partial charge is 0.256 e. The number of fused-ring (bicyclic) bond motifs is 1. The molecule has 1 aliphatic rings. The van der Waals surface area contributed by atoms with Crippen LogP contribution in [-0.4, -0.2) is 40.6 Å². The predicted octanol–water partition coefficient (Wildman–Crippen LogP) is 3.92. The van der Waals surface area contributed by atoms with Gasteiger partial charge in [0.25, 0.3) is 5.91 Å². The van der Waals surface area contributed by atoms with Gasteiger partial charge in [-0.05, 0) is 56.2 Å². The van der Waals surface area contributed by atoms with Crippen LogP contribution in [0.1, 0.15) is 34.1 Å². The van der Waals surface area contributed by atoms with E-state index in [1.54, 1.807) is 36.1 Å². The van der Waals surface area contributed by atoms with Gasteiger partial charge in [0.05, 0.1) is 40.5 Å². The molecular weight excluding hydrogens is 428 g/mol. The van der Waals surface area contributed by atoms with Crippen LogP contribution in [0.15, 0.2) is 53.1 Å². The van der Waals surface area contributed by atoms with Crippen molar-refractivity contribution >= 4 is 32.5 Å². The van der Waals surface area contributed by atoms with E-state index in [0.717, 1.165) is 5.56 Å². The number of carbonyl (C=O) groups is 1. The molecule has 0 aliphatic carbocycles. The highest BCUT2D eigenvalue weighted by Crippen LogP contribution is 2.32. The molecule has 1 aliphatic heterocycles. The summed E-state index contributed by atoms with van der Waals surface area (Å²) in [5, 5.41) is 8.16. The Balaban J connectivity index is 1.67. The van der Waals surface area contributed by atoms with E-state index in [4.69, 9.17) is 9.40 Å². The van der Waals surface area contributed by atoms with Gasteiger partial charge in [0, 0.05) is 5.69 Å². The zero-order valence-corrected chi connectivity index (χ0v) is 18.5. The number of nitrogens with zero attached hydrogens (tertiary/aromatic N) is 3. The van der Waals surface area contributed by atoms with E-state index in [1.165, 1.54) is 0 Å². The molecule has 0 bridgehead atoms. The largest absolute Gasteiger partial charge is 0.463 e. The normalized spacial score (nSPS) is 17.6. The number of aryl methyl sites for hydroxylation is 2. The first-order valence-corrected chi connectivity index (χ1v) is 12.1. The van der Waals surface area contributed by atoms with Gasteiger partial charge in [-0.2, -0.15) is 5.10 Å². The SMILES string of the molecule is Cc1cccc(NC(=O)c2cc(-c3ccco3)nc3c2c(C)nn3C2CCS(=O)(=O)C2)c1. The number of pyridine rings is 1. The van der Waals surface area contributed by atoms with Crippen molar-refractivity contribution < 1.29 is 17.6 Å². The summed E-state index contributed by atoms with van der Waals surface area (Å²) < 4.78 is 31.3. The lowest BCUT2D eigenvalue weighted by atomic mass is 10.1. The number of hydrogen-bond donors (Lipinski definition) is 1. The van der Waals surface area contributed by atoms with Crippen LogP contribution >= 0.6 is 0 Å². The molecule has 0 radical (unpaired) electrons. The molecule has 3 aromatic heterocycles. The molecule has 1 fully saturated rings. The Labute approximate surface area is 185 Å². The van der Waals surface area contributed by atoms with Crippen LogP contribution in [0.5, 0.6) is 0 Å². The van der Waals surface area contributed by atoms with Gasteiger partial charge < -0.3 is 9.73 Å². The van der Waals surface area contributed by atoms with Crippen LogP contribution in [0.25, 0.3) is 22.5 Å². The quantitative estimate of drug-likeness (QED) is 0.505. The molecule has 4 heterocycles. The van der Waals surface area contributed by atoms with Crippen molar-refractivity contribution in [1.29, 1.82) is 0 Å². The summed E-state index contributed by atoms with van der Waals surface area (Å²) in [6.45, 7) is 3.76. The van der Waals surface area contributed by atoms with Crippen LogP contribution in [0, 0.1) is 13.8 Å². The third-order valence-corrected chi connectivity index (χ3v) is 7.44. The molecule has 1 atom stereocenters. The van der Waals surface area contributed by atoms with Gasteiger partial charge >= 0.3 is 0 Å². The summed E-state index contributed by atoms with van der Waals surface area (Å²) in [6.07, 6.45) is 2.01. The second kappa shape index (κ2) is 7.59. The first-order valence-electron chi connectivity index (χ1n) is 10.3. The molecule has 0 spiro atoms. The van der Waals surface area contributed by atoms with Crippen LogP contribution in [-0.2, 0) is 9.84 Å². The molecule has 0 saturated carbocycles.